The minimum absolute atomic E-state index is 0.142. The Labute approximate surface area is 70.7 Å². The van der Waals surface area contributed by atoms with Gasteiger partial charge in [-0.2, -0.15) is 4.91 Å². The average Bonchev–Trinajstić information content (AvgIpc) is 2.05. The maximum absolute atomic E-state index is 10.8. The third-order valence-electron chi connectivity index (χ3n) is 1.25. The maximum Gasteiger partial charge on any atom is 0.308 e. The quantitative estimate of drug-likeness (QED) is 0.482. The molecule has 0 spiro atoms. The Kier molecular flexibility index (Phi) is 5.19. The fourth-order valence-corrected chi connectivity index (χ4v) is 0.461. The molecule has 0 amide bonds. The number of ether oxygens (including phenoxy) is 1. The standard InChI is InChI=1S/C7H13NO4/c1-5(2)7(10)12-4-6(3-9)8-11/h5-6,9H,3-4H2,1-2H3. The summed E-state index contributed by atoms with van der Waals surface area (Å²) in [6, 6.07) is -0.840. The van der Waals surface area contributed by atoms with Crippen molar-refractivity contribution in [2.45, 2.75) is 19.9 Å². The highest BCUT2D eigenvalue weighted by molar-refractivity contribution is 5.71. The number of nitrogens with zero attached hydrogens (tertiary/aromatic N) is 1. The van der Waals surface area contributed by atoms with Crippen molar-refractivity contribution in [3.05, 3.63) is 4.91 Å². The van der Waals surface area contributed by atoms with Gasteiger partial charge in [-0.25, -0.2) is 0 Å². The highest BCUT2D eigenvalue weighted by atomic mass is 16.5. The molecule has 1 atom stereocenters. The molecule has 5 heteroatoms. The van der Waals surface area contributed by atoms with Crippen LogP contribution in [0.15, 0.2) is 5.18 Å². The zero-order chi connectivity index (χ0) is 9.56. The van der Waals surface area contributed by atoms with Crippen molar-refractivity contribution < 1.29 is 14.6 Å². The van der Waals surface area contributed by atoms with Gasteiger partial charge in [0.1, 0.15) is 12.6 Å². The van der Waals surface area contributed by atoms with Crippen LogP contribution in [0.25, 0.3) is 0 Å². The van der Waals surface area contributed by atoms with Gasteiger partial charge in [-0.05, 0) is 0 Å². The molecule has 0 rings (SSSR count). The van der Waals surface area contributed by atoms with Gasteiger partial charge in [-0.3, -0.25) is 4.79 Å². The van der Waals surface area contributed by atoms with E-state index in [0.29, 0.717) is 0 Å². The summed E-state index contributed by atoms with van der Waals surface area (Å²) in [6.45, 7) is 2.83. The Bertz CT molecular complexity index is 157. The zero-order valence-corrected chi connectivity index (χ0v) is 7.19. The summed E-state index contributed by atoms with van der Waals surface area (Å²) in [7, 11) is 0. The monoisotopic (exact) mass is 175 g/mol. The van der Waals surface area contributed by atoms with Crippen LogP contribution in [0.4, 0.5) is 0 Å². The molecule has 0 aromatic heterocycles. The Morgan fingerprint density at radius 3 is 2.50 bits per heavy atom. The van der Waals surface area contributed by atoms with Gasteiger partial charge in [0.25, 0.3) is 0 Å². The summed E-state index contributed by atoms with van der Waals surface area (Å²) in [5.41, 5.74) is 0. The summed E-state index contributed by atoms with van der Waals surface area (Å²) in [5, 5.41) is 11.1. The molecule has 0 aliphatic rings. The third kappa shape index (κ3) is 4.02. The molecule has 0 radical (unpaired) electrons. The predicted octanol–water partition coefficient (Wildman–Crippen LogP) is 0.313. The summed E-state index contributed by atoms with van der Waals surface area (Å²) in [5.74, 6) is -0.618. The van der Waals surface area contributed by atoms with Crippen LogP contribution in [0.5, 0.6) is 0 Å². The molecule has 1 N–H and O–H groups in total. The second-order valence-corrected chi connectivity index (χ2v) is 2.73. The third-order valence-corrected chi connectivity index (χ3v) is 1.25. The van der Waals surface area contributed by atoms with Gasteiger partial charge in [-0.15, -0.1) is 0 Å². The van der Waals surface area contributed by atoms with E-state index in [4.69, 9.17) is 5.11 Å². The second kappa shape index (κ2) is 5.65. The minimum atomic E-state index is -0.840. The molecule has 0 aliphatic heterocycles. The van der Waals surface area contributed by atoms with Crippen LogP contribution in [-0.4, -0.2) is 30.3 Å². The lowest BCUT2D eigenvalue weighted by Gasteiger charge is -2.08. The highest BCUT2D eigenvalue weighted by Crippen LogP contribution is 1.98. The van der Waals surface area contributed by atoms with E-state index < -0.39 is 18.6 Å². The number of aliphatic hydroxyl groups excluding tert-OH is 1. The van der Waals surface area contributed by atoms with E-state index in [1.54, 1.807) is 13.8 Å². The first-order valence-corrected chi connectivity index (χ1v) is 3.71. The van der Waals surface area contributed by atoms with Crippen molar-refractivity contribution in [1.82, 2.24) is 0 Å². The number of carbonyl (C=O) groups excluding carboxylic acids is 1. The number of esters is 1. The molecule has 0 saturated heterocycles. The van der Waals surface area contributed by atoms with Crippen molar-refractivity contribution in [2.75, 3.05) is 13.2 Å². The van der Waals surface area contributed by atoms with Crippen LogP contribution in [0.3, 0.4) is 0 Å². The number of nitroso groups, excluding NO2 is 1. The predicted molar refractivity (Wildman–Crippen MR) is 42.5 cm³/mol. The van der Waals surface area contributed by atoms with Crippen molar-refractivity contribution in [2.24, 2.45) is 11.1 Å². The molecule has 1 unspecified atom stereocenters. The first-order chi connectivity index (χ1) is 5.61. The van der Waals surface area contributed by atoms with Crippen molar-refractivity contribution in [3.63, 3.8) is 0 Å². The van der Waals surface area contributed by atoms with Crippen LogP contribution >= 0.6 is 0 Å². The molecular weight excluding hydrogens is 162 g/mol. The van der Waals surface area contributed by atoms with E-state index in [-0.39, 0.29) is 12.5 Å². The van der Waals surface area contributed by atoms with Gasteiger partial charge in [0, 0.05) is 0 Å². The molecule has 0 heterocycles. The maximum atomic E-state index is 10.8. The average molecular weight is 175 g/mol. The normalized spacial score (nSPS) is 12.7. The van der Waals surface area contributed by atoms with Crippen molar-refractivity contribution >= 4 is 5.97 Å². The van der Waals surface area contributed by atoms with Crippen LogP contribution in [0, 0.1) is 10.8 Å². The van der Waals surface area contributed by atoms with Gasteiger partial charge >= 0.3 is 5.97 Å². The number of rotatable bonds is 5. The van der Waals surface area contributed by atoms with Crippen molar-refractivity contribution in [1.29, 1.82) is 0 Å². The molecule has 0 fully saturated rings. The second-order valence-electron chi connectivity index (χ2n) is 2.73. The molecule has 0 aromatic rings. The van der Waals surface area contributed by atoms with E-state index in [9.17, 15) is 9.70 Å². The first-order valence-electron chi connectivity index (χ1n) is 3.71. The molecule has 0 bridgehead atoms. The molecule has 12 heavy (non-hydrogen) atoms. The van der Waals surface area contributed by atoms with E-state index in [0.717, 1.165) is 0 Å². The largest absolute Gasteiger partial charge is 0.463 e. The molecule has 0 aliphatic carbocycles. The van der Waals surface area contributed by atoms with E-state index in [1.165, 1.54) is 0 Å². The van der Waals surface area contributed by atoms with Gasteiger partial charge in [0.15, 0.2) is 0 Å². The van der Waals surface area contributed by atoms with Gasteiger partial charge < -0.3 is 9.84 Å². The molecule has 0 aromatic carbocycles. The molecule has 5 nitrogen and oxygen atoms in total. The lowest BCUT2D eigenvalue weighted by Crippen LogP contribution is -2.22. The van der Waals surface area contributed by atoms with Crippen LogP contribution in [0.2, 0.25) is 0 Å². The van der Waals surface area contributed by atoms with Crippen molar-refractivity contribution in [3.8, 4) is 0 Å². The number of carbonyl (C=O) groups is 1. The highest BCUT2D eigenvalue weighted by Gasteiger charge is 2.13. The lowest BCUT2D eigenvalue weighted by atomic mass is 10.2. The van der Waals surface area contributed by atoms with E-state index in [2.05, 4.69) is 9.91 Å². The number of hydrogen-bond acceptors (Lipinski definition) is 5. The Morgan fingerprint density at radius 1 is 1.58 bits per heavy atom. The Balaban J connectivity index is 3.66. The topological polar surface area (TPSA) is 76.0 Å². The fourth-order valence-electron chi connectivity index (χ4n) is 0.461. The van der Waals surface area contributed by atoms with Crippen LogP contribution in [0.1, 0.15) is 13.8 Å². The minimum Gasteiger partial charge on any atom is -0.463 e. The smallest absolute Gasteiger partial charge is 0.308 e. The van der Waals surface area contributed by atoms with E-state index in [1.807, 2.05) is 0 Å². The molecule has 70 valence electrons. The molecule has 0 saturated carbocycles. The van der Waals surface area contributed by atoms with E-state index >= 15 is 0 Å². The summed E-state index contributed by atoms with van der Waals surface area (Å²) in [4.78, 5) is 20.7. The Hall–Kier alpha value is -0.970. The van der Waals surface area contributed by atoms with Crippen LogP contribution in [-0.2, 0) is 9.53 Å². The summed E-state index contributed by atoms with van der Waals surface area (Å²) >= 11 is 0. The van der Waals surface area contributed by atoms with Gasteiger partial charge in [0.2, 0.25) is 0 Å². The van der Waals surface area contributed by atoms with Gasteiger partial charge in [-0.1, -0.05) is 19.0 Å². The zero-order valence-electron chi connectivity index (χ0n) is 7.19. The fraction of sp³-hybridized carbons (Fsp3) is 0.857. The Morgan fingerprint density at radius 2 is 2.17 bits per heavy atom. The number of hydrogen-bond donors (Lipinski definition) is 1. The first kappa shape index (κ1) is 11.0. The molecular formula is C7H13NO4. The van der Waals surface area contributed by atoms with Crippen LogP contribution < -0.4 is 0 Å². The number of aliphatic hydroxyl groups is 1. The SMILES string of the molecule is CC(C)C(=O)OCC(CO)N=O. The summed E-state index contributed by atoms with van der Waals surface area (Å²) in [6.07, 6.45) is 0. The van der Waals surface area contributed by atoms with Gasteiger partial charge in [0.05, 0.1) is 12.5 Å². The lowest BCUT2D eigenvalue weighted by molar-refractivity contribution is -0.148. The summed E-state index contributed by atoms with van der Waals surface area (Å²) < 4.78 is 4.65.